The van der Waals surface area contributed by atoms with Crippen molar-refractivity contribution in [2.75, 3.05) is 0 Å². The third kappa shape index (κ3) is 3.27. The number of hydrogen-bond acceptors (Lipinski definition) is 2. The minimum Gasteiger partial charge on any atom is -0.298 e. The first kappa shape index (κ1) is 14.9. The number of hydrogen-bond donors (Lipinski definition) is 0. The van der Waals surface area contributed by atoms with E-state index in [0.717, 1.165) is 29.3 Å². The van der Waals surface area contributed by atoms with Crippen molar-refractivity contribution in [3.63, 3.8) is 0 Å². The van der Waals surface area contributed by atoms with Gasteiger partial charge in [0.1, 0.15) is 12.6 Å². The Morgan fingerprint density at radius 3 is 1.83 bits per heavy atom. The van der Waals surface area contributed by atoms with Crippen molar-refractivity contribution in [1.82, 2.24) is 0 Å². The molecule has 0 saturated heterocycles. The van der Waals surface area contributed by atoms with Gasteiger partial charge in [0.15, 0.2) is 0 Å². The van der Waals surface area contributed by atoms with Crippen LogP contribution in [-0.2, 0) is 0 Å². The maximum Gasteiger partial charge on any atom is 0.150 e. The van der Waals surface area contributed by atoms with Gasteiger partial charge in [0.25, 0.3) is 0 Å². The molecule has 1 atom stereocenters. The Hall–Kier alpha value is -3.00. The molecule has 112 valence electrons. The highest BCUT2D eigenvalue weighted by Gasteiger charge is 2.16. The average Bonchev–Trinajstić information content (AvgIpc) is 2.64. The Kier molecular flexibility index (Phi) is 4.44. The minimum absolute atomic E-state index is 0.0248. The molecule has 0 N–H and O–H groups in total. The van der Waals surface area contributed by atoms with E-state index in [1.165, 1.54) is 0 Å². The summed E-state index contributed by atoms with van der Waals surface area (Å²) >= 11 is 0. The van der Waals surface area contributed by atoms with E-state index in [0.29, 0.717) is 11.1 Å². The topological polar surface area (TPSA) is 34.1 Å². The zero-order valence-electron chi connectivity index (χ0n) is 12.6. The van der Waals surface area contributed by atoms with Crippen LogP contribution < -0.4 is 0 Å². The summed E-state index contributed by atoms with van der Waals surface area (Å²) in [5.74, 6) is 0.0248. The van der Waals surface area contributed by atoms with Crippen molar-refractivity contribution in [3.05, 3.63) is 107 Å². The summed E-state index contributed by atoms with van der Waals surface area (Å²) in [6, 6.07) is 25.4. The lowest BCUT2D eigenvalue weighted by molar-refractivity contribution is 0.111. The second kappa shape index (κ2) is 6.84. The predicted molar refractivity (Wildman–Crippen MR) is 91.0 cm³/mol. The SMILES string of the molecule is O=Cc1ccc(C(c2ccccc2)c2cccc(C=O)c2)cc1. The van der Waals surface area contributed by atoms with Gasteiger partial charge >= 0.3 is 0 Å². The molecule has 2 heteroatoms. The molecule has 0 bridgehead atoms. The Bertz CT molecular complexity index is 805. The Labute approximate surface area is 135 Å². The predicted octanol–water partition coefficient (Wildman–Crippen LogP) is 4.49. The fraction of sp³-hybridized carbons (Fsp3) is 0.0476. The van der Waals surface area contributed by atoms with Crippen molar-refractivity contribution in [2.45, 2.75) is 5.92 Å². The summed E-state index contributed by atoms with van der Waals surface area (Å²) < 4.78 is 0. The number of benzene rings is 3. The summed E-state index contributed by atoms with van der Waals surface area (Å²) in [4.78, 5) is 22.0. The summed E-state index contributed by atoms with van der Waals surface area (Å²) in [6.07, 6.45) is 1.70. The van der Waals surface area contributed by atoms with Gasteiger partial charge in [-0.15, -0.1) is 0 Å². The van der Waals surface area contributed by atoms with Crippen molar-refractivity contribution < 1.29 is 9.59 Å². The molecule has 0 radical (unpaired) electrons. The number of aldehydes is 2. The van der Waals surface area contributed by atoms with E-state index in [1.54, 1.807) is 6.07 Å². The second-order valence-corrected chi connectivity index (χ2v) is 5.42. The summed E-state index contributed by atoms with van der Waals surface area (Å²) in [6.45, 7) is 0. The molecule has 0 aliphatic rings. The van der Waals surface area contributed by atoms with Crippen LogP contribution in [0.5, 0.6) is 0 Å². The number of carbonyl (C=O) groups is 2. The Morgan fingerprint density at radius 2 is 1.17 bits per heavy atom. The molecule has 3 aromatic rings. The van der Waals surface area contributed by atoms with E-state index in [9.17, 15) is 9.59 Å². The molecular formula is C21H16O2. The van der Waals surface area contributed by atoms with Crippen molar-refractivity contribution in [1.29, 1.82) is 0 Å². The molecule has 0 amide bonds. The van der Waals surface area contributed by atoms with Crippen molar-refractivity contribution in [2.24, 2.45) is 0 Å². The quantitative estimate of drug-likeness (QED) is 0.514. The van der Waals surface area contributed by atoms with Crippen LogP contribution in [0.4, 0.5) is 0 Å². The van der Waals surface area contributed by atoms with Gasteiger partial charge in [0.2, 0.25) is 0 Å². The summed E-state index contributed by atoms with van der Waals surface area (Å²) in [5, 5.41) is 0. The molecule has 2 nitrogen and oxygen atoms in total. The first-order chi connectivity index (χ1) is 11.3. The molecule has 0 aromatic heterocycles. The Balaban J connectivity index is 2.13. The third-order valence-electron chi connectivity index (χ3n) is 3.92. The van der Waals surface area contributed by atoms with Gasteiger partial charge in [-0.1, -0.05) is 72.8 Å². The number of rotatable bonds is 5. The first-order valence-corrected chi connectivity index (χ1v) is 7.47. The van der Waals surface area contributed by atoms with Gasteiger partial charge < -0.3 is 0 Å². The highest BCUT2D eigenvalue weighted by atomic mass is 16.1. The highest BCUT2D eigenvalue weighted by Crippen LogP contribution is 2.32. The lowest BCUT2D eigenvalue weighted by atomic mass is 9.84. The van der Waals surface area contributed by atoms with Crippen LogP contribution in [0.3, 0.4) is 0 Å². The van der Waals surface area contributed by atoms with E-state index >= 15 is 0 Å². The molecule has 0 heterocycles. The first-order valence-electron chi connectivity index (χ1n) is 7.47. The molecular weight excluding hydrogens is 284 g/mol. The standard InChI is InChI=1S/C21H16O2/c22-14-16-9-11-19(12-10-16)21(18-6-2-1-3-7-18)20-8-4-5-17(13-20)15-23/h1-15,21H. The van der Waals surface area contributed by atoms with Crippen LogP contribution in [-0.4, -0.2) is 12.6 Å². The summed E-state index contributed by atoms with van der Waals surface area (Å²) in [5.41, 5.74) is 4.61. The van der Waals surface area contributed by atoms with E-state index in [-0.39, 0.29) is 5.92 Å². The van der Waals surface area contributed by atoms with Gasteiger partial charge in [-0.05, 0) is 22.8 Å². The molecule has 1 unspecified atom stereocenters. The van der Waals surface area contributed by atoms with E-state index in [4.69, 9.17) is 0 Å². The maximum absolute atomic E-state index is 11.1. The monoisotopic (exact) mass is 300 g/mol. The maximum atomic E-state index is 11.1. The van der Waals surface area contributed by atoms with Crippen LogP contribution in [0.15, 0.2) is 78.9 Å². The van der Waals surface area contributed by atoms with E-state index in [2.05, 4.69) is 12.1 Å². The van der Waals surface area contributed by atoms with Crippen molar-refractivity contribution in [3.8, 4) is 0 Å². The molecule has 0 aliphatic heterocycles. The van der Waals surface area contributed by atoms with Gasteiger partial charge in [0.05, 0.1) is 0 Å². The van der Waals surface area contributed by atoms with Crippen molar-refractivity contribution >= 4 is 12.6 Å². The molecule has 0 saturated carbocycles. The second-order valence-electron chi connectivity index (χ2n) is 5.42. The zero-order chi connectivity index (χ0) is 16.1. The molecule has 0 spiro atoms. The fourth-order valence-corrected chi connectivity index (χ4v) is 2.80. The zero-order valence-corrected chi connectivity index (χ0v) is 12.6. The van der Waals surface area contributed by atoms with Gasteiger partial charge in [-0.3, -0.25) is 9.59 Å². The van der Waals surface area contributed by atoms with Crippen LogP contribution in [0, 0.1) is 0 Å². The number of carbonyl (C=O) groups excluding carboxylic acids is 2. The minimum atomic E-state index is 0.0248. The van der Waals surface area contributed by atoms with Crippen LogP contribution in [0.25, 0.3) is 0 Å². The molecule has 3 aromatic carbocycles. The molecule has 3 rings (SSSR count). The third-order valence-corrected chi connectivity index (χ3v) is 3.92. The van der Waals surface area contributed by atoms with Crippen LogP contribution >= 0.6 is 0 Å². The smallest absolute Gasteiger partial charge is 0.150 e. The van der Waals surface area contributed by atoms with Gasteiger partial charge in [-0.25, -0.2) is 0 Å². The Morgan fingerprint density at radius 1 is 0.565 bits per heavy atom. The van der Waals surface area contributed by atoms with Crippen LogP contribution in [0.2, 0.25) is 0 Å². The van der Waals surface area contributed by atoms with E-state index in [1.807, 2.05) is 60.7 Å². The summed E-state index contributed by atoms with van der Waals surface area (Å²) in [7, 11) is 0. The lowest BCUT2D eigenvalue weighted by Crippen LogP contribution is -2.04. The van der Waals surface area contributed by atoms with Crippen LogP contribution in [0.1, 0.15) is 43.3 Å². The van der Waals surface area contributed by atoms with E-state index < -0.39 is 0 Å². The van der Waals surface area contributed by atoms with Gasteiger partial charge in [-0.2, -0.15) is 0 Å². The molecule has 0 aliphatic carbocycles. The normalized spacial score (nSPS) is 11.7. The average molecular weight is 300 g/mol. The fourth-order valence-electron chi connectivity index (χ4n) is 2.80. The molecule has 23 heavy (non-hydrogen) atoms. The largest absolute Gasteiger partial charge is 0.298 e. The highest BCUT2D eigenvalue weighted by molar-refractivity contribution is 5.76. The van der Waals surface area contributed by atoms with Gasteiger partial charge in [0, 0.05) is 17.0 Å². The lowest BCUT2D eigenvalue weighted by Gasteiger charge is -2.19. The molecule has 0 fully saturated rings.